The van der Waals surface area contributed by atoms with Gasteiger partial charge >= 0.3 is 0 Å². The van der Waals surface area contributed by atoms with Gasteiger partial charge in [0.15, 0.2) is 17.5 Å². The van der Waals surface area contributed by atoms with Crippen LogP contribution in [0, 0.1) is 0 Å². The molecule has 0 aliphatic carbocycles. The third-order valence-corrected chi connectivity index (χ3v) is 13.6. The van der Waals surface area contributed by atoms with E-state index in [-0.39, 0.29) is 5.41 Å². The summed E-state index contributed by atoms with van der Waals surface area (Å²) in [6.07, 6.45) is 0. The van der Waals surface area contributed by atoms with Crippen LogP contribution < -0.4 is 0 Å². The summed E-state index contributed by atoms with van der Waals surface area (Å²) in [6, 6.07) is 89.1. The van der Waals surface area contributed by atoms with E-state index < -0.39 is 0 Å². The molecule has 0 saturated carbocycles. The Labute approximate surface area is 415 Å². The zero-order valence-electron chi connectivity index (χ0n) is 40.0. The van der Waals surface area contributed by atoms with Gasteiger partial charge in [-0.3, -0.25) is 0 Å². The summed E-state index contributed by atoms with van der Waals surface area (Å²) >= 11 is 0. The summed E-state index contributed by atoms with van der Waals surface area (Å²) in [4.78, 5) is 15.7. The molecule has 0 aliphatic rings. The highest BCUT2D eigenvalue weighted by molar-refractivity contribution is 6.17. The van der Waals surface area contributed by atoms with Gasteiger partial charge in [0.1, 0.15) is 0 Å². The predicted molar refractivity (Wildman–Crippen MR) is 296 cm³/mol. The van der Waals surface area contributed by atoms with Crippen LogP contribution in [0.15, 0.2) is 249 Å². The molecule has 0 N–H and O–H groups in total. The Kier molecular flexibility index (Phi) is 11.1. The number of aromatic nitrogens is 4. The van der Waals surface area contributed by atoms with E-state index in [4.69, 9.17) is 15.0 Å². The quantitative estimate of drug-likeness (QED) is 0.145. The minimum Gasteiger partial charge on any atom is -0.307 e. The Morgan fingerprint density at radius 1 is 0.296 bits per heavy atom. The molecule has 0 atom stereocenters. The molecule has 0 radical (unpaired) electrons. The van der Waals surface area contributed by atoms with Crippen molar-refractivity contribution in [3.8, 4) is 95.5 Å². The summed E-state index contributed by atoms with van der Waals surface area (Å²) in [5.41, 5.74) is 18.6. The SMILES string of the molecule is CC(C)(C)c1ccc(-c2cc(-c3ccccc3)cc3c4cc(-c5ccccc5)ccc4n(-c4c(-c5ccccc5)cc(-c5nc(-c6ccccc6)nc(-c6ccccc6)n5)cc4-c4ccccc4)c23)cc1. The first kappa shape index (κ1) is 43.3. The van der Waals surface area contributed by atoms with Crippen molar-refractivity contribution in [3.05, 3.63) is 254 Å². The van der Waals surface area contributed by atoms with Crippen molar-refractivity contribution < 1.29 is 0 Å². The van der Waals surface area contributed by atoms with Crippen LogP contribution >= 0.6 is 0 Å². The molecule has 2 aromatic heterocycles. The zero-order valence-corrected chi connectivity index (χ0v) is 40.0. The van der Waals surface area contributed by atoms with E-state index in [1.807, 2.05) is 36.4 Å². The maximum atomic E-state index is 5.29. The Morgan fingerprint density at radius 3 is 1.13 bits per heavy atom. The molecule has 12 rings (SSSR count). The maximum absolute atomic E-state index is 5.29. The highest BCUT2D eigenvalue weighted by Crippen LogP contribution is 2.48. The first-order valence-electron chi connectivity index (χ1n) is 24.3. The lowest BCUT2D eigenvalue weighted by Gasteiger charge is -2.23. The monoisotopic (exact) mass is 910 g/mol. The third kappa shape index (κ3) is 8.30. The Bertz CT molecular complexity index is 3720. The van der Waals surface area contributed by atoms with Crippen LogP contribution in [-0.2, 0) is 5.41 Å². The molecule has 0 bridgehead atoms. The predicted octanol–water partition coefficient (Wildman–Crippen LogP) is 17.6. The third-order valence-electron chi connectivity index (χ3n) is 13.6. The molecular formula is C67H50N4. The fourth-order valence-corrected chi connectivity index (χ4v) is 9.98. The number of rotatable bonds is 9. The first-order valence-corrected chi connectivity index (χ1v) is 24.3. The molecule has 4 heteroatoms. The molecule has 12 aromatic rings. The van der Waals surface area contributed by atoms with Gasteiger partial charge in [0.2, 0.25) is 0 Å². The van der Waals surface area contributed by atoms with Gasteiger partial charge < -0.3 is 4.57 Å². The van der Waals surface area contributed by atoms with Crippen molar-refractivity contribution in [2.45, 2.75) is 26.2 Å². The van der Waals surface area contributed by atoms with Gasteiger partial charge in [0.25, 0.3) is 0 Å². The van der Waals surface area contributed by atoms with E-state index in [0.29, 0.717) is 17.5 Å². The second-order valence-electron chi connectivity index (χ2n) is 19.2. The highest BCUT2D eigenvalue weighted by Gasteiger charge is 2.26. The topological polar surface area (TPSA) is 43.6 Å². The standard InChI is InChI=1S/C67H50N4/c1-67(2,3)55-37-34-49(35-38-55)56-41-53(46-24-12-5-13-25-46)42-60-59-40-52(45-22-10-4-11-23-45)36-39-61(59)71(63(56)60)62-57(47-26-14-6-15-27-47)43-54(44-58(62)48-28-16-7-17-29-48)66-69-64(50-30-18-8-19-31-50)68-65(70-66)51-32-20-9-21-33-51/h4-44H,1-3H3. The molecule has 71 heavy (non-hydrogen) atoms. The van der Waals surface area contributed by atoms with Crippen molar-refractivity contribution in [3.63, 3.8) is 0 Å². The van der Waals surface area contributed by atoms with Crippen molar-refractivity contribution >= 4 is 21.8 Å². The van der Waals surface area contributed by atoms with Crippen molar-refractivity contribution in [1.29, 1.82) is 0 Å². The number of benzene rings is 10. The first-order chi connectivity index (χ1) is 34.8. The summed E-state index contributed by atoms with van der Waals surface area (Å²) < 4.78 is 2.55. The maximum Gasteiger partial charge on any atom is 0.164 e. The van der Waals surface area contributed by atoms with Crippen molar-refractivity contribution in [1.82, 2.24) is 19.5 Å². The summed E-state index contributed by atoms with van der Waals surface area (Å²) in [5.74, 6) is 1.84. The molecule has 2 heterocycles. The molecule has 0 saturated heterocycles. The molecule has 338 valence electrons. The lowest BCUT2D eigenvalue weighted by molar-refractivity contribution is 0.590. The summed E-state index contributed by atoms with van der Waals surface area (Å²) in [5, 5.41) is 2.35. The molecule has 10 aromatic carbocycles. The molecule has 0 fully saturated rings. The normalized spacial score (nSPS) is 11.6. The second kappa shape index (κ2) is 18.2. The largest absolute Gasteiger partial charge is 0.307 e. The Hall–Kier alpha value is -8.99. The van der Waals surface area contributed by atoms with Crippen LogP contribution in [0.1, 0.15) is 26.3 Å². The molecule has 0 aliphatic heterocycles. The Balaban J connectivity index is 1.23. The number of hydrogen-bond donors (Lipinski definition) is 0. The number of fused-ring (bicyclic) bond motifs is 3. The Morgan fingerprint density at radius 2 is 0.662 bits per heavy atom. The van der Waals surface area contributed by atoms with Crippen LogP contribution in [0.4, 0.5) is 0 Å². The van der Waals surface area contributed by atoms with Crippen molar-refractivity contribution in [2.75, 3.05) is 0 Å². The van der Waals surface area contributed by atoms with E-state index in [1.54, 1.807) is 0 Å². The molecule has 0 unspecified atom stereocenters. The fraction of sp³-hybridized carbons (Fsp3) is 0.0597. The zero-order chi connectivity index (χ0) is 47.9. The van der Waals surface area contributed by atoms with Crippen LogP contribution in [0.3, 0.4) is 0 Å². The lowest BCUT2D eigenvalue weighted by atomic mass is 9.86. The van der Waals surface area contributed by atoms with Crippen LogP contribution in [0.2, 0.25) is 0 Å². The van der Waals surface area contributed by atoms with Gasteiger partial charge in [0.05, 0.1) is 16.7 Å². The van der Waals surface area contributed by atoms with Crippen LogP contribution in [0.25, 0.3) is 117 Å². The average molecular weight is 911 g/mol. The molecular weight excluding hydrogens is 861 g/mol. The average Bonchev–Trinajstić information content (AvgIpc) is 3.76. The second-order valence-corrected chi connectivity index (χ2v) is 19.2. The highest BCUT2D eigenvalue weighted by atomic mass is 15.0. The smallest absolute Gasteiger partial charge is 0.164 e. The van der Waals surface area contributed by atoms with E-state index in [9.17, 15) is 0 Å². The lowest BCUT2D eigenvalue weighted by Crippen LogP contribution is -2.10. The van der Waals surface area contributed by atoms with Crippen molar-refractivity contribution in [2.24, 2.45) is 0 Å². The molecule has 0 amide bonds. The van der Waals surface area contributed by atoms with Gasteiger partial charge in [-0.05, 0) is 86.3 Å². The number of hydrogen-bond acceptors (Lipinski definition) is 3. The van der Waals surface area contributed by atoms with E-state index >= 15 is 0 Å². The summed E-state index contributed by atoms with van der Waals surface area (Å²) in [6.45, 7) is 6.83. The van der Waals surface area contributed by atoms with Crippen LogP contribution in [-0.4, -0.2) is 19.5 Å². The van der Waals surface area contributed by atoms with Crippen LogP contribution in [0.5, 0.6) is 0 Å². The van der Waals surface area contributed by atoms with Gasteiger partial charge in [0, 0.05) is 44.2 Å². The minimum atomic E-state index is 0.00163. The molecule has 4 nitrogen and oxygen atoms in total. The van der Waals surface area contributed by atoms with Gasteiger partial charge in [-0.15, -0.1) is 0 Å². The van der Waals surface area contributed by atoms with E-state index in [1.165, 1.54) is 33.0 Å². The van der Waals surface area contributed by atoms with Gasteiger partial charge in [-0.25, -0.2) is 15.0 Å². The number of nitrogens with zero attached hydrogens (tertiary/aromatic N) is 4. The fourth-order valence-electron chi connectivity index (χ4n) is 9.98. The van der Waals surface area contributed by atoms with Gasteiger partial charge in [-0.2, -0.15) is 0 Å². The van der Waals surface area contributed by atoms with E-state index in [2.05, 4.69) is 238 Å². The van der Waals surface area contributed by atoms with Gasteiger partial charge in [-0.1, -0.05) is 233 Å². The summed E-state index contributed by atoms with van der Waals surface area (Å²) in [7, 11) is 0. The van der Waals surface area contributed by atoms with E-state index in [0.717, 1.165) is 72.4 Å². The molecule has 0 spiro atoms. The minimum absolute atomic E-state index is 0.00163.